The summed E-state index contributed by atoms with van der Waals surface area (Å²) in [4.78, 5) is 37.7. The molecule has 136 valence electrons. The first kappa shape index (κ1) is 18.8. The van der Waals surface area contributed by atoms with Crippen molar-refractivity contribution in [2.24, 2.45) is 5.92 Å². The number of nitrogens with one attached hydrogen (secondary N) is 2. The summed E-state index contributed by atoms with van der Waals surface area (Å²) in [6.07, 6.45) is 0.252. The van der Waals surface area contributed by atoms with Gasteiger partial charge in [-0.15, -0.1) is 0 Å². The Morgan fingerprint density at radius 1 is 1.20 bits per heavy atom. The van der Waals surface area contributed by atoms with Gasteiger partial charge in [-0.05, 0) is 38.1 Å². The number of likely N-dealkylation sites (tertiary alicyclic amines) is 1. The first-order valence-corrected chi connectivity index (χ1v) is 8.41. The highest BCUT2D eigenvalue weighted by molar-refractivity contribution is 5.94. The van der Waals surface area contributed by atoms with Crippen LogP contribution in [0.1, 0.15) is 30.6 Å². The Morgan fingerprint density at radius 2 is 1.84 bits per heavy atom. The average Bonchev–Trinajstić information content (AvgIpc) is 3.00. The molecule has 0 saturated carbocycles. The van der Waals surface area contributed by atoms with Gasteiger partial charge in [-0.2, -0.15) is 0 Å². The van der Waals surface area contributed by atoms with Gasteiger partial charge >= 0.3 is 0 Å². The predicted octanol–water partition coefficient (Wildman–Crippen LogP) is 0.798. The molecule has 2 rings (SSSR count). The Kier molecular flexibility index (Phi) is 6.38. The molecule has 1 aliphatic heterocycles. The first-order valence-electron chi connectivity index (χ1n) is 8.41. The van der Waals surface area contributed by atoms with Crippen LogP contribution in [0.25, 0.3) is 0 Å². The van der Waals surface area contributed by atoms with Crippen LogP contribution in [-0.2, 0) is 9.59 Å². The topological polar surface area (TPSA) is 87.7 Å². The molecule has 1 heterocycles. The fourth-order valence-electron chi connectivity index (χ4n) is 2.76. The fourth-order valence-corrected chi connectivity index (χ4v) is 2.76. The molecule has 1 aliphatic rings. The number of methoxy groups -OCH3 is 1. The second-order valence-corrected chi connectivity index (χ2v) is 6.32. The van der Waals surface area contributed by atoms with Gasteiger partial charge in [0.1, 0.15) is 5.75 Å². The molecule has 1 saturated heterocycles. The molecule has 0 radical (unpaired) electrons. The zero-order valence-corrected chi connectivity index (χ0v) is 14.9. The van der Waals surface area contributed by atoms with E-state index in [1.807, 2.05) is 13.8 Å². The zero-order chi connectivity index (χ0) is 18.4. The van der Waals surface area contributed by atoms with Crippen molar-refractivity contribution in [1.29, 1.82) is 0 Å². The molecule has 0 aliphatic carbocycles. The van der Waals surface area contributed by atoms with Gasteiger partial charge in [-0.3, -0.25) is 14.4 Å². The normalized spacial score (nSPS) is 16.9. The third-order valence-electron chi connectivity index (χ3n) is 4.21. The van der Waals surface area contributed by atoms with E-state index in [4.69, 9.17) is 4.74 Å². The number of benzene rings is 1. The molecule has 1 fully saturated rings. The average molecular weight is 347 g/mol. The molecule has 0 aromatic heterocycles. The molecule has 25 heavy (non-hydrogen) atoms. The summed E-state index contributed by atoms with van der Waals surface area (Å²) in [6, 6.07) is 6.89. The molecule has 1 unspecified atom stereocenters. The lowest BCUT2D eigenvalue weighted by Crippen LogP contribution is -2.39. The maximum atomic E-state index is 12.1. The van der Waals surface area contributed by atoms with Gasteiger partial charge in [0, 0.05) is 37.7 Å². The van der Waals surface area contributed by atoms with E-state index in [9.17, 15) is 14.4 Å². The quantitative estimate of drug-likeness (QED) is 0.714. The van der Waals surface area contributed by atoms with Gasteiger partial charge in [-0.1, -0.05) is 0 Å². The Morgan fingerprint density at radius 3 is 2.40 bits per heavy atom. The van der Waals surface area contributed by atoms with Crippen molar-refractivity contribution in [2.75, 3.05) is 26.7 Å². The minimum atomic E-state index is -0.313. The maximum absolute atomic E-state index is 12.1. The van der Waals surface area contributed by atoms with Crippen molar-refractivity contribution >= 4 is 17.7 Å². The van der Waals surface area contributed by atoms with Crippen molar-refractivity contribution in [1.82, 2.24) is 15.5 Å². The van der Waals surface area contributed by atoms with E-state index < -0.39 is 0 Å². The highest BCUT2D eigenvalue weighted by atomic mass is 16.5. The second-order valence-electron chi connectivity index (χ2n) is 6.32. The van der Waals surface area contributed by atoms with E-state index in [0.717, 1.165) is 0 Å². The minimum absolute atomic E-state index is 0.0166. The summed E-state index contributed by atoms with van der Waals surface area (Å²) >= 11 is 0. The van der Waals surface area contributed by atoms with Crippen molar-refractivity contribution in [3.8, 4) is 5.75 Å². The highest BCUT2D eigenvalue weighted by Crippen LogP contribution is 2.20. The second kappa shape index (κ2) is 8.50. The molecular weight excluding hydrogens is 322 g/mol. The number of hydrogen-bond donors (Lipinski definition) is 2. The SMILES string of the molecule is COc1ccc(C(=O)NCCNC(=O)C2CC(=O)N(C(C)C)C2)cc1. The largest absolute Gasteiger partial charge is 0.497 e. The smallest absolute Gasteiger partial charge is 0.251 e. The summed E-state index contributed by atoms with van der Waals surface area (Å²) in [5.74, 6) is 0.0367. The van der Waals surface area contributed by atoms with E-state index in [2.05, 4.69) is 10.6 Å². The van der Waals surface area contributed by atoms with Crippen LogP contribution in [0.5, 0.6) is 5.75 Å². The molecule has 2 N–H and O–H groups in total. The van der Waals surface area contributed by atoms with Crippen LogP contribution >= 0.6 is 0 Å². The Balaban J connectivity index is 1.71. The standard InChI is InChI=1S/C18H25N3O4/c1-12(2)21-11-14(10-16(21)22)18(24)20-9-8-19-17(23)13-4-6-15(25-3)7-5-13/h4-7,12,14H,8-11H2,1-3H3,(H,19,23)(H,20,24). The van der Waals surface area contributed by atoms with Gasteiger partial charge in [0.05, 0.1) is 13.0 Å². The summed E-state index contributed by atoms with van der Waals surface area (Å²) in [6.45, 7) is 4.98. The lowest BCUT2D eigenvalue weighted by molar-refractivity contribution is -0.129. The van der Waals surface area contributed by atoms with Crippen LogP contribution in [-0.4, -0.2) is 55.4 Å². The van der Waals surface area contributed by atoms with Crippen LogP contribution in [0.3, 0.4) is 0 Å². The van der Waals surface area contributed by atoms with Crippen LogP contribution in [0, 0.1) is 5.92 Å². The van der Waals surface area contributed by atoms with Crippen molar-refractivity contribution in [3.63, 3.8) is 0 Å². The van der Waals surface area contributed by atoms with E-state index in [1.54, 1.807) is 36.3 Å². The van der Waals surface area contributed by atoms with Crippen LogP contribution in [0.4, 0.5) is 0 Å². The number of carbonyl (C=O) groups excluding carboxylic acids is 3. The third-order valence-corrected chi connectivity index (χ3v) is 4.21. The van der Waals surface area contributed by atoms with Crippen molar-refractivity contribution in [3.05, 3.63) is 29.8 Å². The molecule has 1 aromatic rings. The molecule has 1 atom stereocenters. The summed E-state index contributed by atoms with van der Waals surface area (Å²) in [5.41, 5.74) is 0.529. The van der Waals surface area contributed by atoms with Gasteiger partial charge in [0.2, 0.25) is 11.8 Å². The molecule has 7 heteroatoms. The maximum Gasteiger partial charge on any atom is 0.251 e. The summed E-state index contributed by atoms with van der Waals surface area (Å²) < 4.78 is 5.05. The number of nitrogens with zero attached hydrogens (tertiary/aromatic N) is 1. The molecule has 0 bridgehead atoms. The summed E-state index contributed by atoms with van der Waals surface area (Å²) in [5, 5.41) is 5.52. The lowest BCUT2D eigenvalue weighted by Gasteiger charge is -2.20. The number of amides is 3. The van der Waals surface area contributed by atoms with Gasteiger partial charge in [0.25, 0.3) is 5.91 Å². The summed E-state index contributed by atoms with van der Waals surface area (Å²) in [7, 11) is 1.57. The monoisotopic (exact) mass is 347 g/mol. The Bertz CT molecular complexity index is 628. The molecule has 3 amide bonds. The third kappa shape index (κ3) is 4.95. The Labute approximate surface area is 147 Å². The minimum Gasteiger partial charge on any atom is -0.497 e. The van der Waals surface area contributed by atoms with Crippen LogP contribution in [0.2, 0.25) is 0 Å². The molecule has 0 spiro atoms. The van der Waals surface area contributed by atoms with Crippen LogP contribution in [0.15, 0.2) is 24.3 Å². The van der Waals surface area contributed by atoms with Crippen LogP contribution < -0.4 is 15.4 Å². The number of carbonyl (C=O) groups is 3. The molecule has 1 aromatic carbocycles. The first-order chi connectivity index (χ1) is 11.9. The molecule has 7 nitrogen and oxygen atoms in total. The van der Waals surface area contributed by atoms with Gasteiger partial charge < -0.3 is 20.3 Å². The number of rotatable bonds is 7. The van der Waals surface area contributed by atoms with E-state index in [1.165, 1.54) is 0 Å². The zero-order valence-electron chi connectivity index (χ0n) is 14.9. The van der Waals surface area contributed by atoms with Crippen molar-refractivity contribution in [2.45, 2.75) is 26.3 Å². The fraction of sp³-hybridized carbons (Fsp3) is 0.500. The lowest BCUT2D eigenvalue weighted by atomic mass is 10.1. The van der Waals surface area contributed by atoms with E-state index >= 15 is 0 Å². The number of ether oxygens (including phenoxy) is 1. The van der Waals surface area contributed by atoms with Crippen molar-refractivity contribution < 1.29 is 19.1 Å². The van der Waals surface area contributed by atoms with Gasteiger partial charge in [-0.25, -0.2) is 0 Å². The van der Waals surface area contributed by atoms with E-state index in [0.29, 0.717) is 30.9 Å². The predicted molar refractivity (Wildman–Crippen MR) is 93.3 cm³/mol. The number of hydrogen-bond acceptors (Lipinski definition) is 4. The highest BCUT2D eigenvalue weighted by Gasteiger charge is 2.35. The molecular formula is C18H25N3O4. The van der Waals surface area contributed by atoms with E-state index in [-0.39, 0.29) is 36.1 Å². The Hall–Kier alpha value is -2.57. The van der Waals surface area contributed by atoms with Gasteiger partial charge in [0.15, 0.2) is 0 Å².